The van der Waals surface area contributed by atoms with Gasteiger partial charge in [0, 0.05) is 5.92 Å². The second-order valence-corrected chi connectivity index (χ2v) is 6.68. The van der Waals surface area contributed by atoms with E-state index in [1.165, 1.54) is 19.3 Å². The summed E-state index contributed by atoms with van der Waals surface area (Å²) in [4.78, 5) is 0. The minimum Gasteiger partial charge on any atom is -0.486 e. The van der Waals surface area contributed by atoms with Crippen molar-refractivity contribution >= 4 is 11.6 Å². The first-order valence-corrected chi connectivity index (χ1v) is 7.73. The number of hydrogen-bond acceptors (Lipinski definition) is 2. The second-order valence-electron chi connectivity index (χ2n) is 6.27. The van der Waals surface area contributed by atoms with Crippen LogP contribution in [0.2, 0.25) is 5.02 Å². The molecule has 108 valence electrons. The summed E-state index contributed by atoms with van der Waals surface area (Å²) in [6, 6.07) is 7.35. The number of halogens is 1. The SMILES string of the molecule is CC(C)[C@H]1CCCC[C@]1(C)Oc1ccc(C#N)cc1Cl. The van der Waals surface area contributed by atoms with Gasteiger partial charge in [-0.2, -0.15) is 5.26 Å². The predicted molar refractivity (Wildman–Crippen MR) is 82.0 cm³/mol. The van der Waals surface area contributed by atoms with Crippen molar-refractivity contribution in [2.75, 3.05) is 0 Å². The molecular formula is C17H22ClNO. The van der Waals surface area contributed by atoms with Gasteiger partial charge in [-0.15, -0.1) is 0 Å². The van der Waals surface area contributed by atoms with Crippen molar-refractivity contribution in [3.8, 4) is 11.8 Å². The molecule has 3 heteroatoms. The molecule has 1 saturated carbocycles. The normalized spacial score (nSPS) is 26.3. The minimum absolute atomic E-state index is 0.162. The number of ether oxygens (including phenoxy) is 1. The average Bonchev–Trinajstić information content (AvgIpc) is 2.41. The van der Waals surface area contributed by atoms with Crippen molar-refractivity contribution in [1.29, 1.82) is 5.26 Å². The maximum Gasteiger partial charge on any atom is 0.138 e. The molecule has 0 aromatic heterocycles. The lowest BCUT2D eigenvalue weighted by atomic mass is 9.71. The van der Waals surface area contributed by atoms with E-state index in [9.17, 15) is 0 Å². The summed E-state index contributed by atoms with van der Waals surface area (Å²) < 4.78 is 6.31. The highest BCUT2D eigenvalue weighted by Crippen LogP contribution is 2.42. The molecule has 1 aliphatic carbocycles. The summed E-state index contributed by atoms with van der Waals surface area (Å²) in [5.41, 5.74) is 0.404. The van der Waals surface area contributed by atoms with Crippen molar-refractivity contribution in [3.05, 3.63) is 28.8 Å². The Morgan fingerprint density at radius 1 is 1.40 bits per heavy atom. The molecule has 0 radical (unpaired) electrons. The number of nitrogens with zero attached hydrogens (tertiary/aromatic N) is 1. The Morgan fingerprint density at radius 3 is 2.75 bits per heavy atom. The van der Waals surface area contributed by atoms with Crippen LogP contribution in [0.25, 0.3) is 0 Å². The third-order valence-corrected chi connectivity index (χ3v) is 4.73. The smallest absolute Gasteiger partial charge is 0.138 e. The zero-order valence-corrected chi connectivity index (χ0v) is 13.2. The highest BCUT2D eigenvalue weighted by atomic mass is 35.5. The first kappa shape index (κ1) is 15.2. The number of nitriles is 1. The van der Waals surface area contributed by atoms with Crippen molar-refractivity contribution in [1.82, 2.24) is 0 Å². The predicted octanol–water partition coefficient (Wildman–Crippen LogP) is 5.20. The van der Waals surface area contributed by atoms with Gasteiger partial charge < -0.3 is 4.74 Å². The Kier molecular flexibility index (Phi) is 4.60. The maximum absolute atomic E-state index is 8.89. The molecule has 1 aliphatic rings. The quantitative estimate of drug-likeness (QED) is 0.767. The molecule has 0 N–H and O–H groups in total. The van der Waals surface area contributed by atoms with Gasteiger partial charge in [0.05, 0.1) is 16.7 Å². The Balaban J connectivity index is 2.24. The average molecular weight is 292 g/mol. The fourth-order valence-electron chi connectivity index (χ4n) is 3.40. The molecule has 0 saturated heterocycles. The van der Waals surface area contributed by atoms with Crippen molar-refractivity contribution in [3.63, 3.8) is 0 Å². The summed E-state index contributed by atoms with van der Waals surface area (Å²) in [7, 11) is 0. The molecule has 0 bridgehead atoms. The topological polar surface area (TPSA) is 33.0 Å². The summed E-state index contributed by atoms with van der Waals surface area (Å²) in [6.07, 6.45) is 4.75. The molecule has 0 unspecified atom stereocenters. The van der Waals surface area contributed by atoms with Gasteiger partial charge in [0.25, 0.3) is 0 Å². The van der Waals surface area contributed by atoms with Crippen LogP contribution in [-0.4, -0.2) is 5.60 Å². The van der Waals surface area contributed by atoms with Crippen molar-refractivity contribution in [2.24, 2.45) is 11.8 Å². The van der Waals surface area contributed by atoms with Crippen molar-refractivity contribution < 1.29 is 4.74 Å². The monoisotopic (exact) mass is 291 g/mol. The zero-order chi connectivity index (χ0) is 14.8. The van der Waals surface area contributed by atoms with Crippen molar-refractivity contribution in [2.45, 2.75) is 52.1 Å². The van der Waals surface area contributed by atoms with Crippen LogP contribution in [0.15, 0.2) is 18.2 Å². The van der Waals surface area contributed by atoms with Crippen LogP contribution in [-0.2, 0) is 0 Å². The van der Waals surface area contributed by atoms with E-state index >= 15 is 0 Å². The molecule has 0 heterocycles. The summed E-state index contributed by atoms with van der Waals surface area (Å²) in [6.45, 7) is 6.72. The van der Waals surface area contributed by atoms with E-state index in [-0.39, 0.29) is 5.60 Å². The molecular weight excluding hydrogens is 270 g/mol. The van der Waals surface area contributed by atoms with Crippen LogP contribution in [0.3, 0.4) is 0 Å². The number of benzene rings is 1. The summed E-state index contributed by atoms with van der Waals surface area (Å²) in [5.74, 6) is 1.83. The Labute approximate surface area is 126 Å². The standard InChI is InChI=1S/C17H22ClNO/c1-12(2)14-6-4-5-9-17(14,3)20-16-8-7-13(11-19)10-15(16)18/h7-8,10,12,14H,4-6,9H2,1-3H3/t14-,17+/m1/s1. The van der Waals surface area contributed by atoms with Gasteiger partial charge >= 0.3 is 0 Å². The van der Waals surface area contributed by atoms with E-state index in [1.54, 1.807) is 12.1 Å². The van der Waals surface area contributed by atoms with Crippen LogP contribution < -0.4 is 4.74 Å². The lowest BCUT2D eigenvalue weighted by molar-refractivity contribution is -0.0274. The maximum atomic E-state index is 8.89. The Hall–Kier alpha value is -1.20. The van der Waals surface area contributed by atoms with E-state index < -0.39 is 0 Å². The third kappa shape index (κ3) is 3.10. The summed E-state index contributed by atoms with van der Waals surface area (Å²) in [5, 5.41) is 9.42. The fourth-order valence-corrected chi connectivity index (χ4v) is 3.62. The lowest BCUT2D eigenvalue weighted by Gasteiger charge is -2.44. The van der Waals surface area contributed by atoms with E-state index in [0.29, 0.717) is 28.2 Å². The number of hydrogen-bond donors (Lipinski definition) is 0. The Bertz CT molecular complexity index is 520. The highest BCUT2D eigenvalue weighted by Gasteiger charge is 2.40. The molecule has 0 amide bonds. The molecule has 2 atom stereocenters. The zero-order valence-electron chi connectivity index (χ0n) is 12.4. The van der Waals surface area contributed by atoms with Crippen LogP contribution >= 0.6 is 11.6 Å². The third-order valence-electron chi connectivity index (χ3n) is 4.43. The first-order valence-electron chi connectivity index (χ1n) is 7.35. The molecule has 2 rings (SSSR count). The van der Waals surface area contributed by atoms with Gasteiger partial charge in [0.2, 0.25) is 0 Å². The van der Waals surface area contributed by atoms with E-state index in [4.69, 9.17) is 21.6 Å². The highest BCUT2D eigenvalue weighted by molar-refractivity contribution is 6.32. The lowest BCUT2D eigenvalue weighted by Crippen LogP contribution is -2.45. The molecule has 1 aromatic rings. The van der Waals surface area contributed by atoms with E-state index in [1.807, 2.05) is 6.07 Å². The van der Waals surface area contributed by atoms with E-state index in [2.05, 4.69) is 26.8 Å². The molecule has 0 spiro atoms. The number of rotatable bonds is 3. The van der Waals surface area contributed by atoms with Crippen LogP contribution in [0.1, 0.15) is 52.0 Å². The van der Waals surface area contributed by atoms with Gasteiger partial charge in [-0.3, -0.25) is 0 Å². The fraction of sp³-hybridized carbons (Fsp3) is 0.588. The second kappa shape index (κ2) is 6.06. The van der Waals surface area contributed by atoms with Crippen LogP contribution in [0, 0.1) is 23.2 Å². The van der Waals surface area contributed by atoms with Gasteiger partial charge in [-0.05, 0) is 50.3 Å². The van der Waals surface area contributed by atoms with E-state index in [0.717, 1.165) is 6.42 Å². The molecule has 0 aliphatic heterocycles. The van der Waals surface area contributed by atoms with Crippen LogP contribution in [0.5, 0.6) is 5.75 Å². The molecule has 2 nitrogen and oxygen atoms in total. The molecule has 1 aromatic carbocycles. The first-order chi connectivity index (χ1) is 9.46. The Morgan fingerprint density at radius 2 is 2.15 bits per heavy atom. The molecule has 20 heavy (non-hydrogen) atoms. The van der Waals surface area contributed by atoms with Crippen LogP contribution in [0.4, 0.5) is 0 Å². The van der Waals surface area contributed by atoms with Gasteiger partial charge in [-0.1, -0.05) is 31.9 Å². The summed E-state index contributed by atoms with van der Waals surface area (Å²) >= 11 is 6.24. The largest absolute Gasteiger partial charge is 0.486 e. The van der Waals surface area contributed by atoms with Gasteiger partial charge in [0.1, 0.15) is 11.4 Å². The minimum atomic E-state index is -0.162. The van der Waals surface area contributed by atoms with Gasteiger partial charge in [0.15, 0.2) is 0 Å². The van der Waals surface area contributed by atoms with Gasteiger partial charge in [-0.25, -0.2) is 0 Å². The molecule has 1 fully saturated rings.